The fourth-order valence-corrected chi connectivity index (χ4v) is 6.87. The Morgan fingerprint density at radius 3 is 2.41 bits per heavy atom. The molecule has 1 unspecified atom stereocenters. The van der Waals surface area contributed by atoms with E-state index in [1.165, 1.54) is 7.11 Å². The summed E-state index contributed by atoms with van der Waals surface area (Å²) in [4.78, 5) is 36.7. The Morgan fingerprint density at radius 1 is 1.07 bits per heavy atom. The minimum Gasteiger partial charge on any atom is -0.453 e. The highest BCUT2D eigenvalue weighted by Gasteiger charge is 2.53. The number of fused-ring (bicyclic) bond motifs is 2. The number of alkyl carbamates (subject to hydrolysis) is 1. The van der Waals surface area contributed by atoms with Crippen molar-refractivity contribution in [3.05, 3.63) is 36.3 Å². The fourth-order valence-electron chi connectivity index (χ4n) is 6.87. The number of imidazole rings is 1. The molecular weight excluding hydrogens is 523 g/mol. The van der Waals surface area contributed by atoms with Crippen LogP contribution in [-0.4, -0.2) is 77.6 Å². The predicted octanol–water partition coefficient (Wildman–Crippen LogP) is 3.58. The first-order valence-corrected chi connectivity index (χ1v) is 14.8. The molecular formula is C30H41BN4O6. The number of aromatic nitrogens is 2. The molecule has 11 heteroatoms. The number of ether oxygens (including phenoxy) is 2. The molecule has 3 aliphatic heterocycles. The van der Waals surface area contributed by atoms with Crippen molar-refractivity contribution in [3.63, 3.8) is 0 Å². The van der Waals surface area contributed by atoms with Gasteiger partial charge in [-0.3, -0.25) is 4.79 Å². The van der Waals surface area contributed by atoms with Crippen molar-refractivity contribution in [3.8, 4) is 11.3 Å². The van der Waals surface area contributed by atoms with E-state index < -0.39 is 30.5 Å². The Kier molecular flexibility index (Phi) is 7.40. The minimum absolute atomic E-state index is 0.00443. The smallest absolute Gasteiger partial charge is 0.453 e. The lowest BCUT2D eigenvalue weighted by Crippen LogP contribution is -2.55. The Hall–Kier alpha value is -2.89. The van der Waals surface area contributed by atoms with Gasteiger partial charge in [0.15, 0.2) is 0 Å². The number of carbonyl (C=O) groups excluding carboxylic acids is 2. The Bertz CT molecular complexity index is 1260. The van der Waals surface area contributed by atoms with Crippen LogP contribution in [0.2, 0.25) is 0 Å². The number of piperidine rings is 1. The molecule has 0 radical (unpaired) electrons. The third-order valence-corrected chi connectivity index (χ3v) is 9.92. The first-order chi connectivity index (χ1) is 19.6. The molecule has 1 aliphatic carbocycles. The summed E-state index contributed by atoms with van der Waals surface area (Å²) < 4.78 is 22.8. The average Bonchev–Trinajstić information content (AvgIpc) is 3.75. The maximum atomic E-state index is 14.2. The van der Waals surface area contributed by atoms with Crippen LogP contribution in [0.15, 0.2) is 30.5 Å². The third-order valence-electron chi connectivity index (χ3n) is 9.92. The number of rotatable bonds is 6. The molecule has 4 fully saturated rings. The first-order valence-electron chi connectivity index (χ1n) is 14.8. The Labute approximate surface area is 242 Å². The van der Waals surface area contributed by atoms with E-state index in [2.05, 4.69) is 38.0 Å². The zero-order valence-corrected chi connectivity index (χ0v) is 24.6. The van der Waals surface area contributed by atoms with E-state index in [0.717, 1.165) is 54.6 Å². The molecule has 10 nitrogen and oxygen atoms in total. The minimum atomic E-state index is -0.648. The number of methoxy groups -OCH3 is 1. The molecule has 0 spiro atoms. The molecule has 2 N–H and O–H groups in total. The fraction of sp³-hybridized carbons (Fsp3) is 0.633. The van der Waals surface area contributed by atoms with E-state index in [1.54, 1.807) is 0 Å². The van der Waals surface area contributed by atoms with Crippen molar-refractivity contribution in [1.29, 1.82) is 0 Å². The van der Waals surface area contributed by atoms with Crippen LogP contribution in [0.1, 0.15) is 71.7 Å². The summed E-state index contributed by atoms with van der Waals surface area (Å²) in [6, 6.07) is 7.49. The van der Waals surface area contributed by atoms with Crippen molar-refractivity contribution < 1.29 is 28.4 Å². The second kappa shape index (κ2) is 10.7. The third kappa shape index (κ3) is 5.17. The van der Waals surface area contributed by atoms with E-state index in [9.17, 15) is 9.59 Å². The van der Waals surface area contributed by atoms with Crippen molar-refractivity contribution in [2.75, 3.05) is 20.3 Å². The highest BCUT2D eigenvalue weighted by Crippen LogP contribution is 2.50. The van der Waals surface area contributed by atoms with Gasteiger partial charge in [-0.1, -0.05) is 24.3 Å². The van der Waals surface area contributed by atoms with E-state index in [-0.39, 0.29) is 23.9 Å². The molecule has 4 aliphatic rings. The van der Waals surface area contributed by atoms with Crippen LogP contribution in [0.4, 0.5) is 4.79 Å². The second-order valence-corrected chi connectivity index (χ2v) is 12.9. The van der Waals surface area contributed by atoms with Gasteiger partial charge in [-0.2, -0.15) is 0 Å². The topological polar surface area (TPSA) is 115 Å². The van der Waals surface area contributed by atoms with Crippen molar-refractivity contribution in [2.24, 2.45) is 11.8 Å². The summed E-state index contributed by atoms with van der Waals surface area (Å²) in [5.74, 6) is 1.08. The number of benzene rings is 1. The summed E-state index contributed by atoms with van der Waals surface area (Å²) in [6.45, 7) is 9.37. The predicted molar refractivity (Wildman–Crippen MR) is 153 cm³/mol. The van der Waals surface area contributed by atoms with Crippen LogP contribution in [0, 0.1) is 11.8 Å². The van der Waals surface area contributed by atoms with E-state index in [4.69, 9.17) is 23.8 Å². The highest BCUT2D eigenvalue weighted by atomic mass is 16.7. The summed E-state index contributed by atoms with van der Waals surface area (Å²) in [5.41, 5.74) is 2.07. The van der Waals surface area contributed by atoms with Gasteiger partial charge in [-0.25, -0.2) is 9.78 Å². The van der Waals surface area contributed by atoms with Crippen molar-refractivity contribution in [2.45, 2.75) is 89.1 Å². The van der Waals surface area contributed by atoms with Crippen LogP contribution >= 0.6 is 0 Å². The number of nitrogens with zero attached hydrogens (tertiary/aromatic N) is 2. The molecule has 3 saturated heterocycles. The highest BCUT2D eigenvalue weighted by molar-refractivity contribution is 6.62. The van der Waals surface area contributed by atoms with Gasteiger partial charge in [0.2, 0.25) is 5.91 Å². The number of likely N-dealkylation sites (tertiary alicyclic amines) is 1. The SMILES string of the molecule is COC(=O)NC(C(=O)N1[C@@H]2CC[C@@H](C2)[C@H]1c1ncc(-c2ccc(B3OC(C)(C)C(C)(C)O3)cc2)[nH]1)C1CCOCC1. The lowest BCUT2D eigenvalue weighted by molar-refractivity contribution is -0.140. The van der Waals surface area contributed by atoms with Gasteiger partial charge in [-0.05, 0) is 82.7 Å². The number of nitrogens with one attached hydrogen (secondary N) is 2. The Balaban J connectivity index is 1.22. The molecule has 4 atom stereocenters. The monoisotopic (exact) mass is 564 g/mol. The maximum absolute atomic E-state index is 14.2. The van der Waals surface area contributed by atoms with Crippen molar-refractivity contribution in [1.82, 2.24) is 20.2 Å². The number of aromatic amines is 1. The summed E-state index contributed by atoms with van der Waals surface area (Å²) >= 11 is 0. The van der Waals surface area contributed by atoms with E-state index in [0.29, 0.717) is 19.1 Å². The van der Waals surface area contributed by atoms with E-state index >= 15 is 0 Å². The largest absolute Gasteiger partial charge is 0.494 e. The average molecular weight is 564 g/mol. The molecule has 1 saturated carbocycles. The lowest BCUT2D eigenvalue weighted by Gasteiger charge is -2.39. The molecule has 41 heavy (non-hydrogen) atoms. The summed E-state index contributed by atoms with van der Waals surface area (Å²) in [5, 5.41) is 2.86. The van der Waals surface area contributed by atoms with Gasteiger partial charge in [0, 0.05) is 19.3 Å². The molecule has 6 rings (SSSR count). The van der Waals surface area contributed by atoms with Crippen molar-refractivity contribution >= 4 is 24.6 Å². The second-order valence-electron chi connectivity index (χ2n) is 12.9. The molecule has 220 valence electrons. The molecule has 4 heterocycles. The molecule has 2 amide bonds. The van der Waals surface area contributed by atoms with Crippen LogP contribution in [0.5, 0.6) is 0 Å². The summed E-state index contributed by atoms with van der Waals surface area (Å²) in [7, 11) is 0.913. The molecule has 1 aromatic carbocycles. The van der Waals surface area contributed by atoms with Gasteiger partial charge >= 0.3 is 13.2 Å². The number of amides is 2. The van der Waals surface area contributed by atoms with Crippen LogP contribution in [-0.2, 0) is 23.6 Å². The zero-order valence-electron chi connectivity index (χ0n) is 24.6. The Morgan fingerprint density at radius 2 is 1.76 bits per heavy atom. The van der Waals surface area contributed by atoms with Gasteiger partial charge in [0.25, 0.3) is 0 Å². The maximum Gasteiger partial charge on any atom is 0.494 e. The van der Waals surface area contributed by atoms with Crippen LogP contribution in [0.3, 0.4) is 0 Å². The van der Waals surface area contributed by atoms with Gasteiger partial charge in [0.1, 0.15) is 11.9 Å². The molecule has 2 aromatic rings. The lowest BCUT2D eigenvalue weighted by atomic mass is 9.79. The van der Waals surface area contributed by atoms with Gasteiger partial charge in [0.05, 0.1) is 36.2 Å². The van der Waals surface area contributed by atoms with Crippen LogP contribution < -0.4 is 10.8 Å². The number of hydrogen-bond donors (Lipinski definition) is 2. The number of carbonyl (C=O) groups is 2. The standard InChI is InChI=1S/C30H41BN4O6/c1-29(2)30(3,4)41-31(40-29)21-9-6-18(7-10-21)23-17-32-26(33-23)25-20-8-11-22(16-20)35(25)27(36)24(34-28(37)38-5)19-12-14-39-15-13-19/h6-7,9-10,17,19-20,22,24-25H,8,11-16H2,1-5H3,(H,32,33)(H,34,37)/t20-,22+,24?,25-/m0/s1. The summed E-state index contributed by atoms with van der Waals surface area (Å²) in [6.07, 6.45) is 5.69. The number of H-pyrrole nitrogens is 1. The molecule has 1 aromatic heterocycles. The normalized spacial score (nSPS) is 27.7. The number of hydrogen-bond acceptors (Lipinski definition) is 7. The first kappa shape index (κ1) is 28.2. The zero-order chi connectivity index (χ0) is 28.9. The quantitative estimate of drug-likeness (QED) is 0.516. The van der Waals surface area contributed by atoms with Crippen LogP contribution in [0.25, 0.3) is 11.3 Å². The van der Waals surface area contributed by atoms with Gasteiger partial charge < -0.3 is 34.0 Å². The van der Waals surface area contributed by atoms with E-state index in [1.807, 2.05) is 35.4 Å². The van der Waals surface area contributed by atoms with Gasteiger partial charge in [-0.15, -0.1) is 0 Å². The molecule has 2 bridgehead atoms.